The predicted octanol–water partition coefficient (Wildman–Crippen LogP) is 2.87. The summed E-state index contributed by atoms with van der Waals surface area (Å²) in [5, 5.41) is 7.95. The minimum Gasteiger partial charge on any atom is -0.497 e. The van der Waals surface area contributed by atoms with Crippen molar-refractivity contribution in [2.45, 2.75) is 13.8 Å². The summed E-state index contributed by atoms with van der Waals surface area (Å²) in [6.45, 7) is 2.71. The van der Waals surface area contributed by atoms with E-state index in [1.54, 1.807) is 24.3 Å². The van der Waals surface area contributed by atoms with Gasteiger partial charge in [-0.1, -0.05) is 0 Å². The van der Waals surface area contributed by atoms with E-state index >= 15 is 0 Å². The zero-order valence-electron chi connectivity index (χ0n) is 15.5. The number of rotatable bonds is 6. The maximum absolute atomic E-state index is 12.7. The molecule has 0 aliphatic heterocycles. The third-order valence-corrected chi connectivity index (χ3v) is 3.49. The van der Waals surface area contributed by atoms with Crippen LogP contribution < -0.4 is 25.4 Å². The maximum Gasteiger partial charge on any atom is 0.255 e. The number of amides is 3. The van der Waals surface area contributed by atoms with Gasteiger partial charge in [0.15, 0.2) is 0 Å². The number of carbonyl (C=O) groups excluding carboxylic acids is 3. The van der Waals surface area contributed by atoms with Crippen LogP contribution in [0.3, 0.4) is 0 Å². The van der Waals surface area contributed by atoms with Gasteiger partial charge in [0.25, 0.3) is 5.91 Å². The minimum atomic E-state index is -0.433. The van der Waals surface area contributed by atoms with Crippen LogP contribution in [-0.4, -0.2) is 31.9 Å². The molecule has 0 unspecified atom stereocenters. The van der Waals surface area contributed by atoms with Crippen molar-refractivity contribution >= 4 is 34.8 Å². The number of nitrogens with one attached hydrogen (secondary N) is 3. The van der Waals surface area contributed by atoms with Crippen molar-refractivity contribution in [3.63, 3.8) is 0 Å². The predicted molar refractivity (Wildman–Crippen MR) is 103 cm³/mol. The molecular weight excluding hydrogens is 350 g/mol. The molecule has 3 amide bonds. The van der Waals surface area contributed by atoms with E-state index in [9.17, 15) is 14.4 Å². The van der Waals surface area contributed by atoms with Crippen LogP contribution in [0.4, 0.5) is 17.1 Å². The molecule has 2 aromatic rings. The lowest BCUT2D eigenvalue weighted by Gasteiger charge is -2.13. The van der Waals surface area contributed by atoms with Crippen molar-refractivity contribution in [3.05, 3.63) is 42.0 Å². The molecule has 0 aliphatic rings. The fraction of sp³-hybridized carbons (Fsp3) is 0.211. The zero-order valence-corrected chi connectivity index (χ0v) is 15.5. The van der Waals surface area contributed by atoms with Crippen molar-refractivity contribution in [3.8, 4) is 11.5 Å². The Morgan fingerprint density at radius 3 is 1.85 bits per heavy atom. The number of benzene rings is 2. The molecule has 0 atom stereocenters. The summed E-state index contributed by atoms with van der Waals surface area (Å²) in [4.78, 5) is 35.4. The molecule has 2 rings (SSSR count). The molecule has 0 saturated heterocycles. The minimum absolute atomic E-state index is 0.253. The molecule has 8 nitrogen and oxygen atoms in total. The second kappa shape index (κ2) is 8.70. The monoisotopic (exact) mass is 371 g/mol. The Hall–Kier alpha value is -3.55. The Morgan fingerprint density at radius 1 is 0.778 bits per heavy atom. The first-order valence-corrected chi connectivity index (χ1v) is 8.06. The van der Waals surface area contributed by atoms with Crippen molar-refractivity contribution < 1.29 is 23.9 Å². The molecule has 3 N–H and O–H groups in total. The number of anilines is 3. The molecule has 0 aliphatic carbocycles. The van der Waals surface area contributed by atoms with E-state index < -0.39 is 5.91 Å². The number of hydrogen-bond donors (Lipinski definition) is 3. The van der Waals surface area contributed by atoms with Crippen molar-refractivity contribution in [2.24, 2.45) is 0 Å². The van der Waals surface area contributed by atoms with Crippen LogP contribution in [0.5, 0.6) is 11.5 Å². The van der Waals surface area contributed by atoms with Gasteiger partial charge in [0.2, 0.25) is 11.8 Å². The van der Waals surface area contributed by atoms with Gasteiger partial charge in [0, 0.05) is 36.9 Å². The van der Waals surface area contributed by atoms with E-state index in [1.807, 2.05) is 0 Å². The first-order chi connectivity index (χ1) is 12.8. The van der Waals surface area contributed by atoms with Crippen molar-refractivity contribution in [1.29, 1.82) is 0 Å². The van der Waals surface area contributed by atoms with Gasteiger partial charge in [-0.15, -0.1) is 0 Å². The Bertz CT molecular complexity index is 845. The number of hydrogen-bond acceptors (Lipinski definition) is 5. The number of carbonyl (C=O) groups is 3. The molecule has 142 valence electrons. The second-order valence-corrected chi connectivity index (χ2v) is 5.68. The fourth-order valence-electron chi connectivity index (χ4n) is 2.41. The summed E-state index contributed by atoms with van der Waals surface area (Å²) < 4.78 is 10.4. The third-order valence-electron chi connectivity index (χ3n) is 3.49. The third kappa shape index (κ3) is 5.46. The topological polar surface area (TPSA) is 106 Å². The molecule has 2 aromatic carbocycles. The second-order valence-electron chi connectivity index (χ2n) is 5.68. The highest BCUT2D eigenvalue weighted by atomic mass is 16.5. The Labute approximate surface area is 156 Å². The normalized spacial score (nSPS) is 9.93. The SMILES string of the molecule is COc1ccc(NC(=O)c2cc(NC(C)=O)cc(NC(C)=O)c2)c(OC)c1. The smallest absolute Gasteiger partial charge is 0.255 e. The van der Waals surface area contributed by atoms with Gasteiger partial charge in [-0.3, -0.25) is 14.4 Å². The average Bonchev–Trinajstić information content (AvgIpc) is 2.60. The summed E-state index contributed by atoms with van der Waals surface area (Å²) in [5.41, 5.74) is 1.48. The quantitative estimate of drug-likeness (QED) is 0.724. The van der Waals surface area contributed by atoms with E-state index in [0.29, 0.717) is 28.6 Å². The van der Waals surface area contributed by atoms with Gasteiger partial charge in [-0.05, 0) is 30.3 Å². The van der Waals surface area contributed by atoms with E-state index in [1.165, 1.54) is 40.2 Å². The molecule has 8 heteroatoms. The standard InChI is InChI=1S/C19H21N3O5/c1-11(23)20-14-7-13(8-15(9-14)21-12(2)24)19(25)22-17-6-5-16(26-3)10-18(17)27-4/h5-10H,1-4H3,(H,20,23)(H,21,24)(H,22,25). The summed E-state index contributed by atoms with van der Waals surface area (Å²) in [7, 11) is 3.01. The van der Waals surface area contributed by atoms with Gasteiger partial charge in [0.05, 0.1) is 19.9 Å². The lowest BCUT2D eigenvalue weighted by Crippen LogP contribution is -2.15. The molecule has 27 heavy (non-hydrogen) atoms. The van der Waals surface area contributed by atoms with E-state index in [4.69, 9.17) is 9.47 Å². The van der Waals surface area contributed by atoms with E-state index in [0.717, 1.165) is 0 Å². The zero-order chi connectivity index (χ0) is 20.0. The van der Waals surface area contributed by atoms with Gasteiger partial charge in [0.1, 0.15) is 11.5 Å². The van der Waals surface area contributed by atoms with Gasteiger partial charge >= 0.3 is 0 Å². The van der Waals surface area contributed by atoms with Crippen molar-refractivity contribution in [2.75, 3.05) is 30.2 Å². The van der Waals surface area contributed by atoms with E-state index in [-0.39, 0.29) is 17.4 Å². The summed E-state index contributed by atoms with van der Waals surface area (Å²) in [6, 6.07) is 9.58. The molecular formula is C19H21N3O5. The first kappa shape index (κ1) is 19.8. The molecule has 0 saturated carbocycles. The fourth-order valence-corrected chi connectivity index (χ4v) is 2.41. The van der Waals surface area contributed by atoms with Crippen LogP contribution in [0.15, 0.2) is 36.4 Å². The largest absolute Gasteiger partial charge is 0.497 e. The van der Waals surface area contributed by atoms with Gasteiger partial charge < -0.3 is 25.4 Å². The van der Waals surface area contributed by atoms with Gasteiger partial charge in [-0.25, -0.2) is 0 Å². The molecule has 0 radical (unpaired) electrons. The van der Waals surface area contributed by atoms with Crippen LogP contribution in [-0.2, 0) is 9.59 Å². The Balaban J connectivity index is 2.34. The van der Waals surface area contributed by atoms with Crippen LogP contribution in [0.25, 0.3) is 0 Å². The lowest BCUT2D eigenvalue weighted by atomic mass is 10.1. The molecule has 0 fully saturated rings. The maximum atomic E-state index is 12.7. The van der Waals surface area contributed by atoms with Crippen molar-refractivity contribution in [1.82, 2.24) is 0 Å². The molecule has 0 heterocycles. The Morgan fingerprint density at radius 2 is 1.37 bits per heavy atom. The van der Waals surface area contributed by atoms with E-state index in [2.05, 4.69) is 16.0 Å². The molecule has 0 spiro atoms. The summed E-state index contributed by atoms with van der Waals surface area (Å²) in [5.74, 6) is 0.00170. The highest BCUT2D eigenvalue weighted by Gasteiger charge is 2.13. The summed E-state index contributed by atoms with van der Waals surface area (Å²) >= 11 is 0. The van der Waals surface area contributed by atoms with Crippen LogP contribution >= 0.6 is 0 Å². The highest BCUT2D eigenvalue weighted by molar-refractivity contribution is 6.07. The van der Waals surface area contributed by atoms with Gasteiger partial charge in [-0.2, -0.15) is 0 Å². The number of ether oxygens (including phenoxy) is 2. The van der Waals surface area contributed by atoms with Crippen LogP contribution in [0, 0.1) is 0 Å². The van der Waals surface area contributed by atoms with Crippen LogP contribution in [0.2, 0.25) is 0 Å². The number of methoxy groups -OCH3 is 2. The van der Waals surface area contributed by atoms with Crippen LogP contribution in [0.1, 0.15) is 24.2 Å². The Kier molecular flexibility index (Phi) is 6.37. The summed E-state index contributed by atoms with van der Waals surface area (Å²) in [6.07, 6.45) is 0. The lowest BCUT2D eigenvalue weighted by molar-refractivity contribution is -0.115. The first-order valence-electron chi connectivity index (χ1n) is 8.06. The molecule has 0 bridgehead atoms. The average molecular weight is 371 g/mol. The highest BCUT2D eigenvalue weighted by Crippen LogP contribution is 2.30. The molecule has 0 aromatic heterocycles.